The molecule has 0 aliphatic carbocycles. The van der Waals surface area contributed by atoms with Gasteiger partial charge in [0.05, 0.1) is 13.2 Å². The van der Waals surface area contributed by atoms with E-state index in [4.69, 9.17) is 9.47 Å². The first-order valence-corrected chi connectivity index (χ1v) is 6.94. The predicted molar refractivity (Wildman–Crippen MR) is 72.7 cm³/mol. The second-order valence-electron chi connectivity index (χ2n) is 3.85. The first-order valence-electron chi connectivity index (χ1n) is 6.06. The van der Waals surface area contributed by atoms with Gasteiger partial charge in [0.15, 0.2) is 11.5 Å². The van der Waals surface area contributed by atoms with Crippen LogP contribution in [-0.2, 0) is 4.79 Å². The zero-order valence-corrected chi connectivity index (χ0v) is 14.6. The number of amides is 2. The van der Waals surface area contributed by atoms with Crippen LogP contribution < -0.4 is 44.3 Å². The van der Waals surface area contributed by atoms with Crippen LogP contribution in [0.4, 0.5) is 4.79 Å². The Kier molecular flexibility index (Phi) is 6.88. The summed E-state index contributed by atoms with van der Waals surface area (Å²) in [6, 6.07) is 5.30. The SMILES string of the molecule is CCOc1ccc(C2SC(=O)NC2=O)cc1OCC.[Na+]. The summed E-state index contributed by atoms with van der Waals surface area (Å²) in [4.78, 5) is 22.8. The molecule has 5 nitrogen and oxygen atoms in total. The Balaban J connectivity index is 0.00000200. The van der Waals surface area contributed by atoms with E-state index in [1.165, 1.54) is 0 Å². The second-order valence-corrected chi connectivity index (χ2v) is 4.92. The van der Waals surface area contributed by atoms with Crippen molar-refractivity contribution in [2.45, 2.75) is 19.1 Å². The summed E-state index contributed by atoms with van der Waals surface area (Å²) >= 11 is 0.977. The number of benzene rings is 1. The van der Waals surface area contributed by atoms with Gasteiger partial charge in [-0.15, -0.1) is 0 Å². The molecule has 1 aliphatic rings. The monoisotopic (exact) mass is 304 g/mol. The summed E-state index contributed by atoms with van der Waals surface area (Å²) in [7, 11) is 0. The molecule has 20 heavy (non-hydrogen) atoms. The maximum Gasteiger partial charge on any atom is 1.00 e. The van der Waals surface area contributed by atoms with Crippen molar-refractivity contribution in [2.24, 2.45) is 0 Å². The van der Waals surface area contributed by atoms with Crippen molar-refractivity contribution in [1.82, 2.24) is 5.32 Å². The molecule has 2 rings (SSSR count). The van der Waals surface area contributed by atoms with E-state index in [1.54, 1.807) is 18.2 Å². The van der Waals surface area contributed by atoms with Crippen molar-refractivity contribution in [3.05, 3.63) is 23.8 Å². The van der Waals surface area contributed by atoms with Crippen LogP contribution >= 0.6 is 11.8 Å². The van der Waals surface area contributed by atoms with Gasteiger partial charge in [0.25, 0.3) is 5.24 Å². The topological polar surface area (TPSA) is 64.6 Å². The van der Waals surface area contributed by atoms with Crippen LogP contribution in [0.15, 0.2) is 18.2 Å². The summed E-state index contributed by atoms with van der Waals surface area (Å²) in [6.45, 7) is 4.81. The Morgan fingerprint density at radius 3 is 2.35 bits per heavy atom. The average molecular weight is 304 g/mol. The Morgan fingerprint density at radius 2 is 1.80 bits per heavy atom. The fourth-order valence-electron chi connectivity index (χ4n) is 1.81. The summed E-state index contributed by atoms with van der Waals surface area (Å²) in [5.41, 5.74) is 0.736. The molecule has 1 aromatic rings. The smallest absolute Gasteiger partial charge is 0.490 e. The first kappa shape index (κ1) is 17.4. The molecule has 1 N–H and O–H groups in total. The molecule has 2 amide bonds. The number of nitrogens with one attached hydrogen (secondary N) is 1. The molecule has 0 spiro atoms. The van der Waals surface area contributed by atoms with Gasteiger partial charge in [-0.05, 0) is 43.3 Å². The fourth-order valence-corrected chi connectivity index (χ4v) is 2.63. The summed E-state index contributed by atoms with van der Waals surface area (Å²) in [6.07, 6.45) is 0. The molecule has 1 heterocycles. The summed E-state index contributed by atoms with van der Waals surface area (Å²) in [5.74, 6) is 0.944. The standard InChI is InChI=1S/C13H15NO4S.Na/c1-3-17-9-6-5-8(7-10(9)18-4-2)11-12(15)14-13(16)19-11;/h5-7,11H,3-4H2,1-2H3,(H,14,15,16);/q;+1. The Labute approximate surface area is 144 Å². The Hall–Kier alpha value is -0.690. The third kappa shape index (κ3) is 3.91. The van der Waals surface area contributed by atoms with Crippen LogP contribution in [0.3, 0.4) is 0 Å². The van der Waals surface area contributed by atoms with Crippen molar-refractivity contribution >= 4 is 22.9 Å². The number of hydrogen-bond donors (Lipinski definition) is 1. The number of ether oxygens (including phenoxy) is 2. The van der Waals surface area contributed by atoms with Gasteiger partial charge in [0, 0.05) is 0 Å². The van der Waals surface area contributed by atoms with Gasteiger partial charge in [-0.1, -0.05) is 6.07 Å². The van der Waals surface area contributed by atoms with Crippen molar-refractivity contribution in [2.75, 3.05) is 13.2 Å². The van der Waals surface area contributed by atoms with Gasteiger partial charge >= 0.3 is 29.6 Å². The third-order valence-corrected chi connectivity index (χ3v) is 3.60. The maximum atomic E-state index is 11.6. The van der Waals surface area contributed by atoms with Crippen molar-refractivity contribution in [1.29, 1.82) is 0 Å². The van der Waals surface area contributed by atoms with Gasteiger partial charge in [-0.25, -0.2) is 0 Å². The molecule has 7 heteroatoms. The molecular formula is C13H15NNaO4S+. The van der Waals surface area contributed by atoms with E-state index in [9.17, 15) is 9.59 Å². The largest absolute Gasteiger partial charge is 1.00 e. The van der Waals surface area contributed by atoms with E-state index in [0.29, 0.717) is 24.7 Å². The van der Waals surface area contributed by atoms with Crippen LogP contribution in [0.25, 0.3) is 0 Å². The fraction of sp³-hybridized carbons (Fsp3) is 0.385. The van der Waals surface area contributed by atoms with Crippen LogP contribution in [0.5, 0.6) is 11.5 Å². The Morgan fingerprint density at radius 1 is 1.15 bits per heavy atom. The van der Waals surface area contributed by atoms with Crippen molar-refractivity contribution in [3.8, 4) is 11.5 Å². The number of imide groups is 1. The first-order chi connectivity index (χ1) is 9.15. The van der Waals surface area contributed by atoms with Gasteiger partial charge in [0.2, 0.25) is 5.91 Å². The molecule has 102 valence electrons. The second kappa shape index (κ2) is 7.93. The van der Waals surface area contributed by atoms with Crippen LogP contribution in [-0.4, -0.2) is 24.4 Å². The normalized spacial score (nSPS) is 17.4. The van der Waals surface area contributed by atoms with Gasteiger partial charge < -0.3 is 9.47 Å². The minimum absolute atomic E-state index is 0. The number of hydrogen-bond acceptors (Lipinski definition) is 5. The molecular weight excluding hydrogens is 289 g/mol. The number of carbonyl (C=O) groups is 2. The molecule has 0 radical (unpaired) electrons. The number of rotatable bonds is 5. The molecule has 1 fully saturated rings. The van der Waals surface area contributed by atoms with Crippen molar-refractivity contribution in [3.63, 3.8) is 0 Å². The number of carbonyl (C=O) groups excluding carboxylic acids is 2. The predicted octanol–water partition coefficient (Wildman–Crippen LogP) is -0.488. The van der Waals surface area contributed by atoms with Crippen molar-refractivity contribution < 1.29 is 48.6 Å². The molecule has 0 aromatic heterocycles. The average Bonchev–Trinajstić information content (AvgIpc) is 2.71. The Bertz CT molecular complexity index is 509. The van der Waals surface area contributed by atoms with Crippen LogP contribution in [0, 0.1) is 0 Å². The quantitative estimate of drug-likeness (QED) is 0.744. The number of thioether (sulfide) groups is 1. The molecule has 1 atom stereocenters. The van der Waals surface area contributed by atoms with Gasteiger partial charge in [-0.2, -0.15) is 0 Å². The van der Waals surface area contributed by atoms with E-state index in [1.807, 2.05) is 13.8 Å². The minimum atomic E-state index is -0.512. The molecule has 1 aliphatic heterocycles. The molecule has 1 saturated heterocycles. The van der Waals surface area contributed by atoms with Crippen LogP contribution in [0.2, 0.25) is 0 Å². The third-order valence-electron chi connectivity index (χ3n) is 2.56. The zero-order chi connectivity index (χ0) is 13.8. The van der Waals surface area contributed by atoms with E-state index >= 15 is 0 Å². The van der Waals surface area contributed by atoms with Gasteiger partial charge in [0.1, 0.15) is 5.25 Å². The molecule has 1 unspecified atom stereocenters. The summed E-state index contributed by atoms with van der Waals surface area (Å²) in [5, 5.41) is 1.44. The molecule has 0 bridgehead atoms. The minimum Gasteiger partial charge on any atom is -0.490 e. The maximum absolute atomic E-state index is 11.6. The summed E-state index contributed by atoms with van der Waals surface area (Å²) < 4.78 is 11.0. The van der Waals surface area contributed by atoms with Gasteiger partial charge in [-0.3, -0.25) is 14.9 Å². The van der Waals surface area contributed by atoms with E-state index in [-0.39, 0.29) is 40.7 Å². The van der Waals surface area contributed by atoms with E-state index < -0.39 is 5.25 Å². The molecule has 1 aromatic carbocycles. The van der Waals surface area contributed by atoms with Crippen LogP contribution in [0.1, 0.15) is 24.7 Å². The van der Waals surface area contributed by atoms with E-state index in [2.05, 4.69) is 5.32 Å². The van der Waals surface area contributed by atoms with E-state index in [0.717, 1.165) is 17.3 Å². The molecule has 0 saturated carbocycles. The zero-order valence-electron chi connectivity index (χ0n) is 11.8.